The van der Waals surface area contributed by atoms with Gasteiger partial charge in [-0.15, -0.1) is 0 Å². The maximum Gasteiger partial charge on any atom is 0.274 e. The lowest BCUT2D eigenvalue weighted by Crippen LogP contribution is -2.51. The Morgan fingerprint density at radius 3 is 1.51 bits per heavy atom. The molecule has 7 N–H and O–H groups in total. The fourth-order valence-electron chi connectivity index (χ4n) is 13.2. The Balaban J connectivity index is 0.000000169. The number of amides is 2. The number of nitrogens with zero attached hydrogens (tertiary/aromatic N) is 12. The van der Waals surface area contributed by atoms with Crippen LogP contribution in [0.2, 0.25) is 10.0 Å². The molecule has 3 atom stereocenters. The Labute approximate surface area is 548 Å². The van der Waals surface area contributed by atoms with Gasteiger partial charge in [0.2, 0.25) is 23.7 Å². The molecule has 2 saturated heterocycles. The van der Waals surface area contributed by atoms with Crippen LogP contribution in [0.4, 0.5) is 23.3 Å². The minimum Gasteiger partial charge on any atom is -0.493 e. The van der Waals surface area contributed by atoms with E-state index in [9.17, 15) is 33.6 Å². The smallest absolute Gasteiger partial charge is 0.274 e. The van der Waals surface area contributed by atoms with Gasteiger partial charge in [-0.25, -0.2) is 28.9 Å². The monoisotopic (exact) mass is 1340 g/mol. The van der Waals surface area contributed by atoms with Crippen LogP contribution in [0.3, 0.4) is 0 Å². The van der Waals surface area contributed by atoms with E-state index in [-0.39, 0.29) is 60.4 Å². The number of hydrogen-bond donors (Lipinski definition) is 6. The highest BCUT2D eigenvalue weighted by molar-refractivity contribution is 8.00. The number of anilines is 4. The second-order valence-corrected chi connectivity index (χ2v) is 29.6. The summed E-state index contributed by atoms with van der Waals surface area (Å²) in [5, 5.41) is 26.6. The molecule has 2 aliphatic heterocycles. The maximum absolute atomic E-state index is 13.2. The van der Waals surface area contributed by atoms with Gasteiger partial charge in [-0.05, 0) is 131 Å². The van der Waals surface area contributed by atoms with Crippen LogP contribution in [0, 0.1) is 10.8 Å². The minimum atomic E-state index is -1.10. The zero-order chi connectivity index (χ0) is 64.2. The Kier molecular flexibility index (Phi) is 17.3. The normalized spacial score (nSPS) is 18.2. The molecule has 2 saturated carbocycles. The fraction of sp³-hybridized carbons (Fsp3) is 0.344. The number of nitrogens with one attached hydrogen (secondary N) is 3. The number of halogens is 2. The zero-order valence-corrected chi connectivity index (χ0v) is 54.4. The lowest BCUT2D eigenvalue weighted by Gasteiger charge is -2.44. The molecule has 2 aromatic carbocycles. The standard InChI is InChI=1S/C34H37ClN8O4S2.C30H29ClN8O3S/c1-33(2,3)49(47)40-24-10-7-12-34(24)13-17-41(18-14-34)32-37-20-23(28-36-15-19-43(28)32)48-22-9-6-8-21(27(22)35)38-29(44)26-30(45)39-25-11-4-5-16-42(25)31(26)46;31-24-18(35-26(40)23-27(41)36-22-8-1-2-13-38(22)28(23)42)5-3-6-19(24)43-20-17-34-29(39-16-12-33-25(20)39)37-14-10-30(11-15-37)9-4-7-21(30)32/h4-6,8-9,11,15-16,19-20,24,40,45H,7,10,12-14,17-18H2,1-3H3,(H,38,44);1-3,5-6,8,12-13,16-17,21,41H,4,7,9-11,14-15,32H2,(H,35,40)/t24-,49-;21-/m11/s1. The molecule has 14 rings (SSSR count). The minimum absolute atomic E-state index is 0.135. The van der Waals surface area contributed by atoms with E-state index in [1.54, 1.807) is 85.5 Å². The van der Waals surface area contributed by atoms with E-state index >= 15 is 0 Å². The third kappa shape index (κ3) is 11.9. The van der Waals surface area contributed by atoms with Crippen LogP contribution in [0.25, 0.3) is 22.6 Å². The number of fused-ring (bicyclic) bond motifs is 4. The number of aromatic nitrogens is 10. The van der Waals surface area contributed by atoms with Gasteiger partial charge in [0, 0.05) is 97.6 Å². The molecule has 10 aromatic rings. The van der Waals surface area contributed by atoms with Crippen molar-refractivity contribution in [2.45, 2.75) is 121 Å². The van der Waals surface area contributed by atoms with Crippen molar-refractivity contribution < 1.29 is 24.0 Å². The second-order valence-electron chi connectivity index (χ2n) is 24.7. The van der Waals surface area contributed by atoms with Gasteiger partial charge >= 0.3 is 0 Å². The van der Waals surface area contributed by atoms with Gasteiger partial charge in [-0.2, -0.15) is 9.97 Å². The summed E-state index contributed by atoms with van der Waals surface area (Å²) in [6, 6.07) is 20.7. The Morgan fingerprint density at radius 1 is 0.598 bits per heavy atom. The molecule has 0 radical (unpaired) electrons. The zero-order valence-electron chi connectivity index (χ0n) is 50.5. The van der Waals surface area contributed by atoms with Crippen LogP contribution in [0.15, 0.2) is 152 Å². The van der Waals surface area contributed by atoms with Crippen LogP contribution in [0.1, 0.15) is 106 Å². The molecule has 0 unspecified atom stereocenters. The number of rotatable bonds is 12. The largest absolute Gasteiger partial charge is 0.493 e. The summed E-state index contributed by atoms with van der Waals surface area (Å²) in [6.07, 6.45) is 24.9. The van der Waals surface area contributed by atoms with E-state index in [1.807, 2.05) is 54.1 Å². The molecule has 10 heterocycles. The summed E-state index contributed by atoms with van der Waals surface area (Å²) in [5.74, 6) is -1.30. The first-order chi connectivity index (χ1) is 44.3. The van der Waals surface area contributed by atoms with Crippen LogP contribution in [-0.2, 0) is 11.0 Å². The van der Waals surface area contributed by atoms with E-state index < -0.39 is 56.8 Å². The van der Waals surface area contributed by atoms with Crippen molar-refractivity contribution in [3.05, 3.63) is 164 Å². The lowest BCUT2D eigenvalue weighted by atomic mass is 9.74. The van der Waals surface area contributed by atoms with Crippen molar-refractivity contribution in [2.24, 2.45) is 16.6 Å². The summed E-state index contributed by atoms with van der Waals surface area (Å²) >= 11 is 16.3. The molecule has 0 bridgehead atoms. The molecular weight excluding hydrogens is 1270 g/mol. The van der Waals surface area contributed by atoms with Crippen molar-refractivity contribution in [3.63, 3.8) is 0 Å². The molecule has 8 aromatic heterocycles. The van der Waals surface area contributed by atoms with Gasteiger partial charge < -0.3 is 36.4 Å². The number of nitrogens with two attached hydrogens (primary N) is 1. The number of aromatic hydroxyl groups is 2. The van der Waals surface area contributed by atoms with E-state index in [0.717, 1.165) is 111 Å². The van der Waals surface area contributed by atoms with Gasteiger partial charge in [0.25, 0.3) is 22.9 Å². The second kappa shape index (κ2) is 25.4. The quantitative estimate of drug-likeness (QED) is 0.0663. The van der Waals surface area contributed by atoms with Gasteiger partial charge in [-0.1, -0.05) is 83.8 Å². The Hall–Kier alpha value is -8.11. The SMILES string of the molecule is CC(C)(C)[S@@](=O)N[C@@H]1CCCC12CCN(c1ncc(Sc3cccc(NC(=O)c4c(O)nc5ccccn5c4=O)c3Cl)c3nccn13)CC2.N[C@@H]1CCCC12CCN(c1ncc(Sc3cccc(NC(=O)c4c(O)nc5ccccn5c4=O)c3Cl)c3nccn13)CC2. The third-order valence-corrected chi connectivity index (χ3v) is 23.1. The van der Waals surface area contributed by atoms with Crippen LogP contribution in [0.5, 0.6) is 11.8 Å². The topological polar surface area (TPSA) is 289 Å². The number of carbonyl (C=O) groups is 2. The van der Waals surface area contributed by atoms with Crippen molar-refractivity contribution in [1.82, 2.24) is 52.2 Å². The van der Waals surface area contributed by atoms with E-state index in [0.29, 0.717) is 9.79 Å². The molecule has 4 fully saturated rings. The molecular formula is C64H66Cl2N16O7S3. The number of piperidine rings is 2. The number of carbonyl (C=O) groups excluding carboxylic acids is 2. The van der Waals surface area contributed by atoms with Crippen molar-refractivity contribution in [1.29, 1.82) is 0 Å². The van der Waals surface area contributed by atoms with Crippen LogP contribution < -0.4 is 42.0 Å². The first-order valence-corrected chi connectivity index (χ1v) is 33.9. The molecule has 23 nitrogen and oxygen atoms in total. The van der Waals surface area contributed by atoms with E-state index in [1.165, 1.54) is 57.6 Å². The summed E-state index contributed by atoms with van der Waals surface area (Å²) in [7, 11) is -1.10. The molecule has 2 spiro atoms. The average molecular weight is 1340 g/mol. The summed E-state index contributed by atoms with van der Waals surface area (Å²) in [5.41, 5.74) is 7.01. The summed E-state index contributed by atoms with van der Waals surface area (Å²) in [4.78, 5) is 86.6. The van der Waals surface area contributed by atoms with Gasteiger partial charge in [0.15, 0.2) is 22.4 Å². The molecule has 2 amide bonds. The van der Waals surface area contributed by atoms with E-state index in [2.05, 4.69) is 45.1 Å². The highest BCUT2D eigenvalue weighted by atomic mass is 35.5. The molecule has 92 heavy (non-hydrogen) atoms. The fourth-order valence-corrected chi connectivity index (χ4v) is 16.6. The number of pyridine rings is 2. The highest BCUT2D eigenvalue weighted by Gasteiger charge is 2.47. The van der Waals surface area contributed by atoms with Gasteiger partial charge in [-0.3, -0.25) is 36.8 Å². The predicted octanol–water partition coefficient (Wildman–Crippen LogP) is 10.3. The van der Waals surface area contributed by atoms with E-state index in [4.69, 9.17) is 38.9 Å². The highest BCUT2D eigenvalue weighted by Crippen LogP contribution is 2.49. The Bertz CT molecular complexity index is 4670. The maximum atomic E-state index is 13.2. The number of imidazole rings is 2. The lowest BCUT2D eigenvalue weighted by molar-refractivity contribution is 0.101. The average Bonchev–Trinajstić information content (AvgIpc) is 1.48. The van der Waals surface area contributed by atoms with Crippen molar-refractivity contribution >= 4 is 115 Å². The molecule has 476 valence electrons. The summed E-state index contributed by atoms with van der Waals surface area (Å²) in [6.45, 7) is 9.51. The van der Waals surface area contributed by atoms with Crippen molar-refractivity contribution in [2.75, 3.05) is 46.6 Å². The van der Waals surface area contributed by atoms with Gasteiger partial charge in [0.1, 0.15) is 11.3 Å². The number of hydrogen-bond acceptors (Lipinski definition) is 18. The molecule has 28 heteroatoms. The Morgan fingerprint density at radius 2 is 1.05 bits per heavy atom. The molecule has 2 aliphatic carbocycles. The number of benzene rings is 2. The summed E-state index contributed by atoms with van der Waals surface area (Å²) < 4.78 is 22.5. The third-order valence-electron chi connectivity index (χ3n) is 18.3. The van der Waals surface area contributed by atoms with Crippen LogP contribution in [-0.4, -0.2) is 117 Å². The first-order valence-electron chi connectivity index (χ1n) is 30.3. The van der Waals surface area contributed by atoms with Crippen molar-refractivity contribution in [3.8, 4) is 11.8 Å². The first kappa shape index (κ1) is 62.7. The predicted molar refractivity (Wildman–Crippen MR) is 358 cm³/mol. The molecule has 4 aliphatic rings. The van der Waals surface area contributed by atoms with Gasteiger partial charge in [0.05, 0.1) is 46.9 Å². The van der Waals surface area contributed by atoms with Crippen LogP contribution >= 0.6 is 46.7 Å².